The van der Waals surface area contributed by atoms with Crippen LogP contribution in [0.3, 0.4) is 0 Å². The molecule has 0 aliphatic heterocycles. The molecule has 0 spiro atoms. The highest BCUT2D eigenvalue weighted by atomic mass is 19.4. The molecule has 2 aromatic rings. The molecule has 0 bridgehead atoms. The first kappa shape index (κ1) is 26.3. The highest BCUT2D eigenvalue weighted by Crippen LogP contribution is 2.32. The maximum Gasteiger partial charge on any atom is 0.416 e. The number of carbonyl (C=O) groups is 1. The molecule has 0 heterocycles. The van der Waals surface area contributed by atoms with Crippen molar-refractivity contribution in [1.82, 2.24) is 5.32 Å². The number of alkyl carbamates (subject to hydrolysis) is 1. The summed E-state index contributed by atoms with van der Waals surface area (Å²) in [5.41, 5.74) is -0.869. The molecule has 0 aromatic heterocycles. The summed E-state index contributed by atoms with van der Waals surface area (Å²) in [6.45, 7) is 11.1. The van der Waals surface area contributed by atoms with Crippen molar-refractivity contribution in [2.45, 2.75) is 71.4 Å². The van der Waals surface area contributed by atoms with Gasteiger partial charge in [-0.1, -0.05) is 42.5 Å². The second kappa shape index (κ2) is 10.3. The number of benzene rings is 2. The van der Waals surface area contributed by atoms with Crippen LogP contribution in [-0.4, -0.2) is 23.3 Å². The van der Waals surface area contributed by atoms with Crippen LogP contribution in [0.1, 0.15) is 58.2 Å². The van der Waals surface area contributed by atoms with Crippen molar-refractivity contribution < 1.29 is 27.4 Å². The lowest BCUT2D eigenvalue weighted by Crippen LogP contribution is -2.39. The van der Waals surface area contributed by atoms with Crippen LogP contribution in [0.5, 0.6) is 5.75 Å². The van der Waals surface area contributed by atoms with Crippen LogP contribution in [0, 0.1) is 0 Å². The highest BCUT2D eigenvalue weighted by Gasteiger charge is 2.32. The fraction of sp³-hybridized carbons (Fsp3) is 0.423. The van der Waals surface area contributed by atoms with Crippen LogP contribution in [0.4, 0.5) is 18.0 Å². The number of alkyl halides is 3. The van der Waals surface area contributed by atoms with E-state index in [0.29, 0.717) is 12.2 Å². The smallest absolute Gasteiger partial charge is 0.416 e. The van der Waals surface area contributed by atoms with E-state index in [1.807, 2.05) is 45.0 Å². The Kier molecular flexibility index (Phi) is 8.22. The van der Waals surface area contributed by atoms with E-state index in [1.165, 1.54) is 18.2 Å². The zero-order chi connectivity index (χ0) is 24.9. The molecule has 0 fully saturated rings. The third-order valence-electron chi connectivity index (χ3n) is 4.28. The topological polar surface area (TPSA) is 47.6 Å². The first-order chi connectivity index (χ1) is 15.1. The molecule has 0 saturated carbocycles. The predicted molar refractivity (Wildman–Crippen MR) is 124 cm³/mol. The average molecular weight is 464 g/mol. The third-order valence-corrected chi connectivity index (χ3v) is 4.28. The number of hydrogen-bond donors (Lipinski definition) is 1. The quantitative estimate of drug-likeness (QED) is 0.500. The minimum Gasteiger partial charge on any atom is -0.488 e. The van der Waals surface area contributed by atoms with Crippen LogP contribution in [-0.2, 0) is 17.3 Å². The standard InChI is InChI=1S/C26H32F3NO3/c1-24(2,3)32-21-15-11-18(12-16-21)17-20(30-23(31)33-25(4,5)6)14-13-19-9-7-8-10-22(19)26(27,28)29/h7-16,20H,17H2,1-6H3,(H,30,31)/b14-13-. The number of hydrogen-bond acceptors (Lipinski definition) is 3. The molecule has 2 aromatic carbocycles. The molecule has 0 aliphatic carbocycles. The molecule has 1 N–H and O–H groups in total. The Morgan fingerprint density at radius 1 is 0.939 bits per heavy atom. The number of amides is 1. The zero-order valence-corrected chi connectivity index (χ0v) is 19.9. The number of nitrogens with one attached hydrogen (secondary N) is 1. The number of carbonyl (C=O) groups excluding carboxylic acids is 1. The lowest BCUT2D eigenvalue weighted by molar-refractivity contribution is -0.137. The van der Waals surface area contributed by atoms with Crippen LogP contribution in [0.2, 0.25) is 0 Å². The van der Waals surface area contributed by atoms with Gasteiger partial charge in [-0.2, -0.15) is 13.2 Å². The van der Waals surface area contributed by atoms with E-state index in [-0.39, 0.29) is 11.2 Å². The highest BCUT2D eigenvalue weighted by molar-refractivity contribution is 5.69. The normalized spacial score (nSPS) is 13.6. The number of ether oxygens (including phenoxy) is 2. The van der Waals surface area contributed by atoms with Gasteiger partial charge in [0.1, 0.15) is 17.0 Å². The van der Waals surface area contributed by atoms with Gasteiger partial charge in [0.05, 0.1) is 11.6 Å². The zero-order valence-electron chi connectivity index (χ0n) is 19.9. The summed E-state index contributed by atoms with van der Waals surface area (Å²) in [5, 5.41) is 2.74. The second-order valence-electron chi connectivity index (χ2n) is 9.76. The molecule has 0 saturated heterocycles. The second-order valence-corrected chi connectivity index (χ2v) is 9.76. The Labute approximate surface area is 193 Å². The predicted octanol–water partition coefficient (Wildman–Crippen LogP) is 7.03. The van der Waals surface area contributed by atoms with Gasteiger partial charge in [0, 0.05) is 0 Å². The molecule has 2 rings (SSSR count). The van der Waals surface area contributed by atoms with E-state index in [4.69, 9.17) is 9.47 Å². The molecule has 0 radical (unpaired) electrons. The van der Waals surface area contributed by atoms with Crippen molar-refractivity contribution >= 4 is 12.2 Å². The maximum atomic E-state index is 13.3. The molecule has 33 heavy (non-hydrogen) atoms. The van der Waals surface area contributed by atoms with Crippen molar-refractivity contribution in [2.24, 2.45) is 0 Å². The van der Waals surface area contributed by atoms with E-state index in [1.54, 1.807) is 32.9 Å². The summed E-state index contributed by atoms with van der Waals surface area (Å²) < 4.78 is 51.2. The molecule has 4 nitrogen and oxygen atoms in total. The van der Waals surface area contributed by atoms with Crippen molar-refractivity contribution in [3.63, 3.8) is 0 Å². The largest absolute Gasteiger partial charge is 0.488 e. The molecular weight excluding hydrogens is 431 g/mol. The first-order valence-corrected chi connectivity index (χ1v) is 10.7. The van der Waals surface area contributed by atoms with Crippen LogP contribution < -0.4 is 10.1 Å². The van der Waals surface area contributed by atoms with Gasteiger partial charge in [0.15, 0.2) is 0 Å². The molecular formula is C26H32F3NO3. The summed E-state index contributed by atoms with van der Waals surface area (Å²) in [6, 6.07) is 12.1. The fourth-order valence-corrected chi connectivity index (χ4v) is 3.05. The lowest BCUT2D eigenvalue weighted by Gasteiger charge is -2.23. The summed E-state index contributed by atoms with van der Waals surface area (Å²) in [7, 11) is 0. The molecule has 0 aliphatic rings. The van der Waals surface area contributed by atoms with Gasteiger partial charge >= 0.3 is 12.3 Å². The van der Waals surface area contributed by atoms with Crippen molar-refractivity contribution in [2.75, 3.05) is 0 Å². The van der Waals surface area contributed by atoms with Crippen molar-refractivity contribution in [3.05, 3.63) is 71.3 Å². The third kappa shape index (κ3) is 9.60. The Balaban J connectivity index is 2.26. The number of halogens is 3. The molecule has 1 atom stereocenters. The summed E-state index contributed by atoms with van der Waals surface area (Å²) >= 11 is 0. The average Bonchev–Trinajstić information content (AvgIpc) is 2.64. The van der Waals surface area contributed by atoms with Crippen molar-refractivity contribution in [3.8, 4) is 5.75 Å². The Morgan fingerprint density at radius 2 is 1.55 bits per heavy atom. The maximum absolute atomic E-state index is 13.3. The summed E-state index contributed by atoms with van der Waals surface area (Å²) in [4.78, 5) is 12.3. The van der Waals surface area contributed by atoms with Crippen LogP contribution in [0.15, 0.2) is 54.6 Å². The van der Waals surface area contributed by atoms with E-state index < -0.39 is 29.5 Å². The molecule has 180 valence electrons. The minimum absolute atomic E-state index is 0.0231. The van der Waals surface area contributed by atoms with E-state index in [0.717, 1.165) is 11.6 Å². The van der Waals surface area contributed by atoms with E-state index in [9.17, 15) is 18.0 Å². The van der Waals surface area contributed by atoms with Gasteiger partial charge in [0.25, 0.3) is 0 Å². The lowest BCUT2D eigenvalue weighted by atomic mass is 10.0. The van der Waals surface area contributed by atoms with E-state index in [2.05, 4.69) is 5.32 Å². The minimum atomic E-state index is -4.47. The first-order valence-electron chi connectivity index (χ1n) is 10.7. The van der Waals surface area contributed by atoms with Gasteiger partial charge in [0.2, 0.25) is 0 Å². The number of rotatable bonds is 6. The van der Waals surface area contributed by atoms with Crippen molar-refractivity contribution in [1.29, 1.82) is 0 Å². The van der Waals surface area contributed by atoms with Gasteiger partial charge in [-0.25, -0.2) is 4.79 Å². The Morgan fingerprint density at radius 3 is 2.09 bits per heavy atom. The SMILES string of the molecule is CC(C)(C)OC(=O)NC(/C=C\c1ccccc1C(F)(F)F)Cc1ccc(OC(C)(C)C)cc1. The summed E-state index contributed by atoms with van der Waals surface area (Å²) in [5.74, 6) is 0.706. The summed E-state index contributed by atoms with van der Waals surface area (Å²) in [6.07, 6.45) is -1.83. The van der Waals surface area contributed by atoms with Gasteiger partial charge in [-0.05, 0) is 77.3 Å². The molecule has 7 heteroatoms. The monoisotopic (exact) mass is 463 g/mol. The van der Waals surface area contributed by atoms with Gasteiger partial charge in [-0.15, -0.1) is 0 Å². The van der Waals surface area contributed by atoms with Crippen LogP contribution >= 0.6 is 0 Å². The van der Waals surface area contributed by atoms with Gasteiger partial charge < -0.3 is 14.8 Å². The Hall–Kier alpha value is -2.96. The van der Waals surface area contributed by atoms with Gasteiger partial charge in [-0.3, -0.25) is 0 Å². The van der Waals surface area contributed by atoms with Crippen LogP contribution in [0.25, 0.3) is 6.08 Å². The molecule has 1 amide bonds. The molecule has 1 unspecified atom stereocenters. The Bertz CT molecular complexity index is 952. The van der Waals surface area contributed by atoms with E-state index >= 15 is 0 Å². The fourth-order valence-electron chi connectivity index (χ4n) is 3.05.